The van der Waals surface area contributed by atoms with Crippen LogP contribution in [0.15, 0.2) is 53.5 Å². The molecule has 0 aliphatic carbocycles. The molecule has 78 valence electrons. The Bertz CT molecular complexity index is 579. The van der Waals surface area contributed by atoms with Crippen LogP contribution in [0.5, 0.6) is 0 Å². The SMILES string of the molecule is N#CCn1ccc(-c2ccccc2)cc1=O. The zero-order valence-corrected chi connectivity index (χ0v) is 8.63. The van der Waals surface area contributed by atoms with Crippen molar-refractivity contribution in [3.63, 3.8) is 0 Å². The van der Waals surface area contributed by atoms with E-state index in [1.54, 1.807) is 12.3 Å². The predicted octanol–water partition coefficient (Wildman–Crippen LogP) is 2.04. The van der Waals surface area contributed by atoms with Crippen LogP contribution in [-0.2, 0) is 6.54 Å². The van der Waals surface area contributed by atoms with Gasteiger partial charge in [0.15, 0.2) is 0 Å². The van der Waals surface area contributed by atoms with Crippen LogP contribution in [0.4, 0.5) is 0 Å². The maximum absolute atomic E-state index is 11.6. The molecule has 3 nitrogen and oxygen atoms in total. The molecule has 1 aromatic heterocycles. The molecule has 1 heterocycles. The highest BCUT2D eigenvalue weighted by Gasteiger charge is 1.99. The Morgan fingerprint density at radius 2 is 1.88 bits per heavy atom. The Morgan fingerprint density at radius 1 is 1.12 bits per heavy atom. The first-order chi connectivity index (χ1) is 7.81. The predicted molar refractivity (Wildman–Crippen MR) is 61.8 cm³/mol. The normalized spacial score (nSPS) is 9.69. The van der Waals surface area contributed by atoms with Gasteiger partial charge in [-0.15, -0.1) is 0 Å². The lowest BCUT2D eigenvalue weighted by Gasteiger charge is -2.03. The van der Waals surface area contributed by atoms with Crippen LogP contribution < -0.4 is 5.56 Å². The lowest BCUT2D eigenvalue weighted by molar-refractivity contribution is 0.789. The Balaban J connectivity index is 2.44. The summed E-state index contributed by atoms with van der Waals surface area (Å²) in [5.74, 6) is 0. The van der Waals surface area contributed by atoms with Crippen molar-refractivity contribution in [3.8, 4) is 17.2 Å². The number of nitriles is 1. The number of hydrogen-bond donors (Lipinski definition) is 0. The molecule has 2 aromatic rings. The van der Waals surface area contributed by atoms with Crippen molar-refractivity contribution in [2.24, 2.45) is 0 Å². The van der Waals surface area contributed by atoms with Gasteiger partial charge in [0.1, 0.15) is 6.54 Å². The van der Waals surface area contributed by atoms with Gasteiger partial charge in [-0.05, 0) is 17.2 Å². The van der Waals surface area contributed by atoms with E-state index in [1.165, 1.54) is 4.57 Å². The molecule has 0 spiro atoms. The summed E-state index contributed by atoms with van der Waals surface area (Å²) in [4.78, 5) is 11.6. The van der Waals surface area contributed by atoms with Gasteiger partial charge < -0.3 is 4.57 Å². The molecule has 1 aromatic carbocycles. The van der Waals surface area contributed by atoms with Crippen LogP contribution in [0, 0.1) is 11.3 Å². The van der Waals surface area contributed by atoms with E-state index in [2.05, 4.69) is 0 Å². The second-order valence-electron chi connectivity index (χ2n) is 3.41. The summed E-state index contributed by atoms with van der Waals surface area (Å²) in [7, 11) is 0. The largest absolute Gasteiger partial charge is 0.302 e. The van der Waals surface area contributed by atoms with E-state index < -0.39 is 0 Å². The molecule has 0 aliphatic heterocycles. The molecule has 0 amide bonds. The number of aromatic nitrogens is 1. The number of pyridine rings is 1. The number of nitrogens with zero attached hydrogens (tertiary/aromatic N) is 2. The highest BCUT2D eigenvalue weighted by Crippen LogP contribution is 2.15. The van der Waals surface area contributed by atoms with Crippen molar-refractivity contribution in [1.29, 1.82) is 5.26 Å². The van der Waals surface area contributed by atoms with Crippen molar-refractivity contribution < 1.29 is 0 Å². The molecular formula is C13H10N2O. The minimum atomic E-state index is -0.150. The molecule has 2 rings (SSSR count). The summed E-state index contributed by atoms with van der Waals surface area (Å²) < 4.78 is 1.38. The second kappa shape index (κ2) is 4.45. The monoisotopic (exact) mass is 210 g/mol. The third kappa shape index (κ3) is 2.01. The van der Waals surface area contributed by atoms with Gasteiger partial charge in [-0.25, -0.2) is 0 Å². The number of benzene rings is 1. The van der Waals surface area contributed by atoms with E-state index in [0.29, 0.717) is 0 Å². The first-order valence-electron chi connectivity index (χ1n) is 4.94. The standard InChI is InChI=1S/C13H10N2O/c14-7-9-15-8-6-12(10-13(15)16)11-4-2-1-3-5-11/h1-6,8,10H,9H2. The highest BCUT2D eigenvalue weighted by atomic mass is 16.1. The van der Waals surface area contributed by atoms with Gasteiger partial charge in [-0.3, -0.25) is 4.79 Å². The van der Waals surface area contributed by atoms with E-state index in [9.17, 15) is 4.79 Å². The Kier molecular flexibility index (Phi) is 2.84. The molecule has 0 atom stereocenters. The lowest BCUT2D eigenvalue weighted by atomic mass is 10.1. The zero-order chi connectivity index (χ0) is 11.4. The molecule has 0 fully saturated rings. The fraction of sp³-hybridized carbons (Fsp3) is 0.0769. The quantitative estimate of drug-likeness (QED) is 0.761. The molecule has 0 N–H and O–H groups in total. The maximum atomic E-state index is 11.6. The molecule has 0 saturated heterocycles. The van der Waals surface area contributed by atoms with E-state index in [4.69, 9.17) is 5.26 Å². The highest BCUT2D eigenvalue weighted by molar-refractivity contribution is 5.62. The molecule has 0 bridgehead atoms. The molecule has 0 unspecified atom stereocenters. The maximum Gasteiger partial charge on any atom is 0.252 e. The molecule has 0 saturated carbocycles. The third-order valence-corrected chi connectivity index (χ3v) is 2.34. The van der Waals surface area contributed by atoms with Crippen molar-refractivity contribution >= 4 is 0 Å². The summed E-state index contributed by atoms with van der Waals surface area (Å²) in [6.07, 6.45) is 1.65. The van der Waals surface area contributed by atoms with Gasteiger partial charge in [-0.2, -0.15) is 5.26 Å². The van der Waals surface area contributed by atoms with E-state index in [-0.39, 0.29) is 12.1 Å². The van der Waals surface area contributed by atoms with Gasteiger partial charge in [-0.1, -0.05) is 30.3 Å². The van der Waals surface area contributed by atoms with Crippen molar-refractivity contribution in [1.82, 2.24) is 4.57 Å². The van der Waals surface area contributed by atoms with E-state index >= 15 is 0 Å². The summed E-state index contributed by atoms with van der Waals surface area (Å²) in [6, 6.07) is 15.0. The van der Waals surface area contributed by atoms with Crippen molar-refractivity contribution in [3.05, 3.63) is 59.0 Å². The third-order valence-electron chi connectivity index (χ3n) is 2.34. The summed E-state index contributed by atoms with van der Waals surface area (Å²) in [5.41, 5.74) is 1.73. The van der Waals surface area contributed by atoms with E-state index in [0.717, 1.165) is 11.1 Å². The minimum Gasteiger partial charge on any atom is -0.302 e. The van der Waals surface area contributed by atoms with Crippen molar-refractivity contribution in [2.45, 2.75) is 6.54 Å². The number of rotatable bonds is 2. The molecular weight excluding hydrogens is 200 g/mol. The average molecular weight is 210 g/mol. The molecule has 3 heteroatoms. The number of hydrogen-bond acceptors (Lipinski definition) is 2. The average Bonchev–Trinajstić information content (AvgIpc) is 2.33. The minimum absolute atomic E-state index is 0.0912. The lowest BCUT2D eigenvalue weighted by Crippen LogP contribution is -2.17. The first-order valence-corrected chi connectivity index (χ1v) is 4.94. The van der Waals surface area contributed by atoms with E-state index in [1.807, 2.05) is 42.5 Å². The van der Waals surface area contributed by atoms with Gasteiger partial charge in [0.25, 0.3) is 5.56 Å². The Labute approximate surface area is 93.2 Å². The van der Waals surface area contributed by atoms with Crippen molar-refractivity contribution in [2.75, 3.05) is 0 Å². The van der Waals surface area contributed by atoms with Crippen LogP contribution in [-0.4, -0.2) is 4.57 Å². The molecule has 0 aliphatic rings. The van der Waals surface area contributed by atoms with Crippen LogP contribution >= 0.6 is 0 Å². The summed E-state index contributed by atoms with van der Waals surface area (Å²) >= 11 is 0. The smallest absolute Gasteiger partial charge is 0.252 e. The van der Waals surface area contributed by atoms with Gasteiger partial charge >= 0.3 is 0 Å². The van der Waals surface area contributed by atoms with Crippen LogP contribution in [0.3, 0.4) is 0 Å². The van der Waals surface area contributed by atoms with Gasteiger partial charge in [0.2, 0.25) is 0 Å². The van der Waals surface area contributed by atoms with Crippen LogP contribution in [0.1, 0.15) is 0 Å². The molecule has 16 heavy (non-hydrogen) atoms. The van der Waals surface area contributed by atoms with Gasteiger partial charge in [0.05, 0.1) is 6.07 Å². The zero-order valence-electron chi connectivity index (χ0n) is 8.63. The summed E-state index contributed by atoms with van der Waals surface area (Å²) in [6.45, 7) is 0.0912. The van der Waals surface area contributed by atoms with Gasteiger partial charge in [0, 0.05) is 12.3 Å². The second-order valence-corrected chi connectivity index (χ2v) is 3.41. The Hall–Kier alpha value is -2.34. The first kappa shape index (κ1) is 10.2. The fourth-order valence-electron chi connectivity index (χ4n) is 1.52. The Morgan fingerprint density at radius 3 is 2.50 bits per heavy atom. The van der Waals surface area contributed by atoms with Crippen LogP contribution in [0.25, 0.3) is 11.1 Å². The topological polar surface area (TPSA) is 45.8 Å². The fourth-order valence-corrected chi connectivity index (χ4v) is 1.52. The summed E-state index contributed by atoms with van der Waals surface area (Å²) in [5, 5.41) is 8.52. The van der Waals surface area contributed by atoms with Crippen LogP contribution in [0.2, 0.25) is 0 Å². The molecule has 0 radical (unpaired) electrons.